The number of halogens is 1. The van der Waals surface area contributed by atoms with Crippen LogP contribution in [0, 0.1) is 11.3 Å². The first kappa shape index (κ1) is 18.1. The maximum absolute atomic E-state index is 13.2. The van der Waals surface area contributed by atoms with Crippen molar-refractivity contribution in [3.8, 4) is 6.07 Å². The number of anilines is 1. The first-order valence-corrected chi connectivity index (χ1v) is 9.04. The van der Waals surface area contributed by atoms with E-state index >= 15 is 0 Å². The zero-order valence-electron chi connectivity index (χ0n) is 14.6. The molecule has 4 aromatic rings. The van der Waals surface area contributed by atoms with Crippen LogP contribution in [0.2, 0.25) is 0 Å². The van der Waals surface area contributed by atoms with E-state index in [9.17, 15) is 14.9 Å². The summed E-state index contributed by atoms with van der Waals surface area (Å²) in [6.45, 7) is 0.878. The van der Waals surface area contributed by atoms with E-state index in [4.69, 9.17) is 4.74 Å². The van der Waals surface area contributed by atoms with Gasteiger partial charge in [-0.2, -0.15) is 5.26 Å². The molecule has 0 aliphatic heterocycles. The van der Waals surface area contributed by atoms with Crippen LogP contribution >= 0.6 is 15.9 Å². The highest BCUT2D eigenvalue weighted by Gasteiger charge is 2.18. The molecule has 4 rings (SSSR count). The van der Waals surface area contributed by atoms with Crippen molar-refractivity contribution in [3.05, 3.63) is 55.0 Å². The second-order valence-corrected chi connectivity index (χ2v) is 6.88. The molecule has 0 atom stereocenters. The van der Waals surface area contributed by atoms with Crippen LogP contribution < -0.4 is 16.3 Å². The zero-order chi connectivity index (χ0) is 19.8. The molecule has 0 fully saturated rings. The minimum Gasteiger partial charge on any atom is -0.383 e. The highest BCUT2D eigenvalue weighted by molar-refractivity contribution is 9.10. The first-order chi connectivity index (χ1) is 13.5. The first-order valence-electron chi connectivity index (χ1n) is 8.25. The Hall–Kier alpha value is -3.29. The van der Waals surface area contributed by atoms with Crippen molar-refractivity contribution in [2.75, 3.05) is 25.6 Å². The highest BCUT2D eigenvalue weighted by atomic mass is 79.9. The third kappa shape index (κ3) is 2.81. The summed E-state index contributed by atoms with van der Waals surface area (Å²) in [5.74, 6) is 0.213. The Morgan fingerprint density at radius 2 is 2.21 bits per heavy atom. The van der Waals surface area contributed by atoms with E-state index in [0.29, 0.717) is 24.1 Å². The number of hydrogen-bond donors (Lipinski definition) is 2. The SMILES string of the molecule is COCCNc1ncc2c(n1)c(=O)c(C#N)c1[nH]c3ccc(Br)cc3c(=O)n12. The fraction of sp³-hybridized carbons (Fsp3) is 0.167. The normalized spacial score (nSPS) is 11.2. The predicted octanol–water partition coefficient (Wildman–Crippen LogP) is 1.78. The largest absolute Gasteiger partial charge is 0.383 e. The van der Waals surface area contributed by atoms with Gasteiger partial charge in [-0.15, -0.1) is 0 Å². The summed E-state index contributed by atoms with van der Waals surface area (Å²) in [7, 11) is 1.57. The number of nitrogens with zero attached hydrogens (tertiary/aromatic N) is 4. The van der Waals surface area contributed by atoms with Crippen molar-refractivity contribution in [2.24, 2.45) is 0 Å². The minimum atomic E-state index is -0.568. The summed E-state index contributed by atoms with van der Waals surface area (Å²) in [6.07, 6.45) is 1.39. The standard InChI is InChI=1S/C18H13BrN6O3/c1-28-5-4-21-18-22-8-13-14(24-18)15(26)11(7-20)16-23-12-3-2-9(19)6-10(12)17(27)25(13)16/h2-3,6,8,23H,4-5H2,1H3,(H,21,22,24). The number of hydrogen-bond acceptors (Lipinski definition) is 7. The van der Waals surface area contributed by atoms with Crippen molar-refractivity contribution >= 4 is 49.5 Å². The Labute approximate surface area is 165 Å². The molecule has 0 amide bonds. The minimum absolute atomic E-state index is 0.0104. The van der Waals surface area contributed by atoms with Crippen LogP contribution in [0.25, 0.3) is 27.6 Å². The van der Waals surface area contributed by atoms with Gasteiger partial charge in [0.1, 0.15) is 22.8 Å². The van der Waals surface area contributed by atoms with Gasteiger partial charge in [-0.05, 0) is 18.2 Å². The Morgan fingerprint density at radius 1 is 1.39 bits per heavy atom. The van der Waals surface area contributed by atoms with Gasteiger partial charge < -0.3 is 15.0 Å². The number of nitrogens with one attached hydrogen (secondary N) is 2. The summed E-state index contributed by atoms with van der Waals surface area (Å²) >= 11 is 3.35. The van der Waals surface area contributed by atoms with Crippen LogP contribution in [0.15, 0.2) is 38.5 Å². The van der Waals surface area contributed by atoms with Crippen molar-refractivity contribution in [2.45, 2.75) is 0 Å². The fourth-order valence-electron chi connectivity index (χ4n) is 3.00. The molecule has 0 radical (unpaired) electrons. The van der Waals surface area contributed by atoms with Crippen LogP contribution in [-0.2, 0) is 4.74 Å². The van der Waals surface area contributed by atoms with Gasteiger partial charge in [-0.25, -0.2) is 9.97 Å². The average Bonchev–Trinajstić information content (AvgIpc) is 2.69. The molecule has 0 spiro atoms. The average molecular weight is 441 g/mol. The number of benzene rings is 1. The van der Waals surface area contributed by atoms with Gasteiger partial charge in [-0.3, -0.25) is 14.0 Å². The van der Waals surface area contributed by atoms with Crippen molar-refractivity contribution < 1.29 is 4.74 Å². The fourth-order valence-corrected chi connectivity index (χ4v) is 3.36. The van der Waals surface area contributed by atoms with Gasteiger partial charge in [0, 0.05) is 18.1 Å². The van der Waals surface area contributed by atoms with Crippen LogP contribution in [0.3, 0.4) is 0 Å². The molecule has 10 heteroatoms. The van der Waals surface area contributed by atoms with E-state index in [1.165, 1.54) is 10.6 Å². The lowest BCUT2D eigenvalue weighted by molar-refractivity contribution is 0.210. The quantitative estimate of drug-likeness (QED) is 0.281. The van der Waals surface area contributed by atoms with Crippen molar-refractivity contribution in [1.82, 2.24) is 19.4 Å². The van der Waals surface area contributed by atoms with Gasteiger partial charge in [0.15, 0.2) is 0 Å². The second kappa shape index (κ2) is 7.03. The number of nitriles is 1. The lowest BCUT2D eigenvalue weighted by Crippen LogP contribution is -2.23. The number of aromatic nitrogens is 4. The smallest absolute Gasteiger partial charge is 0.266 e. The Morgan fingerprint density at radius 3 is 2.96 bits per heavy atom. The van der Waals surface area contributed by atoms with E-state index < -0.39 is 5.43 Å². The molecule has 0 saturated heterocycles. The topological polar surface area (TPSA) is 125 Å². The van der Waals surface area contributed by atoms with Gasteiger partial charge in [-0.1, -0.05) is 15.9 Å². The summed E-state index contributed by atoms with van der Waals surface area (Å²) in [4.78, 5) is 37.4. The summed E-state index contributed by atoms with van der Waals surface area (Å²) < 4.78 is 6.96. The predicted molar refractivity (Wildman–Crippen MR) is 108 cm³/mol. The molecule has 3 heterocycles. The number of H-pyrrole nitrogens is 1. The molecule has 0 aliphatic rings. The van der Waals surface area contributed by atoms with E-state index in [0.717, 1.165) is 4.47 Å². The van der Waals surface area contributed by atoms with Crippen molar-refractivity contribution in [1.29, 1.82) is 5.26 Å². The molecular formula is C18H13BrN6O3. The molecule has 1 aromatic carbocycles. The molecule has 0 bridgehead atoms. The van der Waals surface area contributed by atoms with Gasteiger partial charge in [0.2, 0.25) is 11.4 Å². The van der Waals surface area contributed by atoms with E-state index in [-0.39, 0.29) is 33.8 Å². The Bertz CT molecular complexity index is 1400. The maximum Gasteiger partial charge on any atom is 0.266 e. The van der Waals surface area contributed by atoms with Gasteiger partial charge in [0.25, 0.3) is 5.56 Å². The molecular weight excluding hydrogens is 428 g/mol. The number of aromatic amines is 1. The summed E-state index contributed by atoms with van der Waals surface area (Å²) in [6, 6.07) is 7.03. The molecule has 140 valence electrons. The molecule has 9 nitrogen and oxygen atoms in total. The summed E-state index contributed by atoms with van der Waals surface area (Å²) in [5, 5.41) is 12.9. The second-order valence-electron chi connectivity index (χ2n) is 5.97. The van der Waals surface area contributed by atoms with Crippen molar-refractivity contribution in [3.63, 3.8) is 0 Å². The Balaban J connectivity index is 2.12. The number of ether oxygens (including phenoxy) is 1. The molecule has 3 aromatic heterocycles. The van der Waals surface area contributed by atoms with E-state index in [2.05, 4.69) is 36.2 Å². The van der Waals surface area contributed by atoms with Crippen LogP contribution in [0.1, 0.15) is 5.56 Å². The maximum atomic E-state index is 13.2. The van der Waals surface area contributed by atoms with E-state index in [1.54, 1.807) is 25.3 Å². The lowest BCUT2D eigenvalue weighted by Gasteiger charge is -2.10. The third-order valence-electron chi connectivity index (χ3n) is 4.28. The molecule has 28 heavy (non-hydrogen) atoms. The van der Waals surface area contributed by atoms with Gasteiger partial charge in [0.05, 0.1) is 29.2 Å². The van der Waals surface area contributed by atoms with E-state index in [1.807, 2.05) is 6.07 Å². The monoisotopic (exact) mass is 440 g/mol. The van der Waals surface area contributed by atoms with Crippen LogP contribution in [0.4, 0.5) is 5.95 Å². The number of fused-ring (bicyclic) bond motifs is 4. The lowest BCUT2D eigenvalue weighted by atomic mass is 10.2. The number of rotatable bonds is 4. The van der Waals surface area contributed by atoms with Crippen LogP contribution in [0.5, 0.6) is 0 Å². The molecule has 0 saturated carbocycles. The molecule has 2 N–H and O–H groups in total. The molecule has 0 unspecified atom stereocenters. The van der Waals surface area contributed by atoms with Crippen LogP contribution in [-0.4, -0.2) is 39.6 Å². The highest BCUT2D eigenvalue weighted by Crippen LogP contribution is 2.19. The Kier molecular flexibility index (Phi) is 4.54. The third-order valence-corrected chi connectivity index (χ3v) is 4.78. The van der Waals surface area contributed by atoms with Gasteiger partial charge >= 0.3 is 0 Å². The zero-order valence-corrected chi connectivity index (χ0v) is 16.2. The number of pyridine rings is 1. The molecule has 0 aliphatic carbocycles. The number of methoxy groups -OCH3 is 1. The summed E-state index contributed by atoms with van der Waals surface area (Å²) in [5.41, 5.74) is -0.290.